The normalized spacial score (nSPS) is 12.4. The second-order valence-electron chi connectivity index (χ2n) is 4.09. The summed E-state index contributed by atoms with van der Waals surface area (Å²) in [5.41, 5.74) is 10.1. The summed E-state index contributed by atoms with van der Waals surface area (Å²) in [4.78, 5) is 11.0. The summed E-state index contributed by atoms with van der Waals surface area (Å²) < 4.78 is 60.4. The van der Waals surface area contributed by atoms with Crippen LogP contribution in [0, 0.1) is 0 Å². The molecule has 0 aromatic carbocycles. The average molecular weight is 331 g/mol. The summed E-state index contributed by atoms with van der Waals surface area (Å²) in [5, 5.41) is -0.267. The van der Waals surface area contributed by atoms with Crippen molar-refractivity contribution in [3.8, 4) is 0 Å². The van der Waals surface area contributed by atoms with Crippen molar-refractivity contribution < 1.29 is 26.4 Å². The first-order chi connectivity index (χ1) is 8.84. The third-order valence-corrected chi connectivity index (χ3v) is 4.86. The Hall–Kier alpha value is -1.49. The molecule has 0 spiro atoms. The SMILES string of the molecule is CN(CC(F)(F)F)c1sc(C(N)=O)c(N)c1S(C)(=O)=O. The molecule has 11 heteroatoms. The number of halogens is 3. The van der Waals surface area contributed by atoms with Crippen LogP contribution in [-0.2, 0) is 9.84 Å². The lowest BCUT2D eigenvalue weighted by molar-refractivity contribution is -0.119. The van der Waals surface area contributed by atoms with Crippen molar-refractivity contribution in [1.29, 1.82) is 0 Å². The predicted octanol–water partition coefficient (Wildman–Crippen LogP) is 0.831. The van der Waals surface area contributed by atoms with Crippen molar-refractivity contribution in [1.82, 2.24) is 0 Å². The van der Waals surface area contributed by atoms with Gasteiger partial charge in [0.1, 0.15) is 21.3 Å². The highest BCUT2D eigenvalue weighted by Gasteiger charge is 2.34. The molecule has 0 saturated heterocycles. The van der Waals surface area contributed by atoms with Crippen LogP contribution in [0.1, 0.15) is 9.67 Å². The van der Waals surface area contributed by atoms with Crippen molar-refractivity contribution in [2.75, 3.05) is 30.5 Å². The molecule has 20 heavy (non-hydrogen) atoms. The highest BCUT2D eigenvalue weighted by Crippen LogP contribution is 2.41. The number of sulfone groups is 1. The van der Waals surface area contributed by atoms with E-state index in [0.717, 1.165) is 13.3 Å². The number of anilines is 2. The third-order valence-electron chi connectivity index (χ3n) is 2.24. The maximum absolute atomic E-state index is 12.4. The molecule has 1 amide bonds. The maximum Gasteiger partial charge on any atom is 0.405 e. The number of rotatable bonds is 4. The van der Waals surface area contributed by atoms with Crippen LogP contribution in [0.3, 0.4) is 0 Å². The van der Waals surface area contributed by atoms with Gasteiger partial charge >= 0.3 is 6.18 Å². The number of nitrogens with zero attached hydrogens (tertiary/aromatic N) is 1. The maximum atomic E-state index is 12.4. The number of alkyl halides is 3. The Bertz CT molecular complexity index is 637. The number of carbonyl (C=O) groups excluding carboxylic acids is 1. The van der Waals surface area contributed by atoms with E-state index in [1.165, 1.54) is 0 Å². The van der Waals surface area contributed by atoms with E-state index in [1.807, 2.05) is 0 Å². The van der Waals surface area contributed by atoms with Gasteiger partial charge in [0.15, 0.2) is 9.84 Å². The molecule has 0 unspecified atom stereocenters. The van der Waals surface area contributed by atoms with E-state index >= 15 is 0 Å². The lowest BCUT2D eigenvalue weighted by atomic mass is 10.3. The molecule has 0 saturated carbocycles. The van der Waals surface area contributed by atoms with Gasteiger partial charge in [-0.2, -0.15) is 13.2 Å². The molecule has 114 valence electrons. The van der Waals surface area contributed by atoms with Crippen LogP contribution in [0.5, 0.6) is 0 Å². The summed E-state index contributed by atoms with van der Waals surface area (Å²) in [6.45, 7) is -1.38. The average Bonchev–Trinajstić information content (AvgIpc) is 2.52. The van der Waals surface area contributed by atoms with E-state index in [2.05, 4.69) is 0 Å². The smallest absolute Gasteiger partial charge is 0.396 e. The van der Waals surface area contributed by atoms with E-state index in [9.17, 15) is 26.4 Å². The van der Waals surface area contributed by atoms with Crippen LogP contribution < -0.4 is 16.4 Å². The second kappa shape index (κ2) is 5.13. The highest BCUT2D eigenvalue weighted by atomic mass is 32.2. The molecule has 4 N–H and O–H groups in total. The van der Waals surface area contributed by atoms with Gasteiger partial charge in [-0.05, 0) is 0 Å². The first-order valence-corrected chi connectivity index (χ1v) is 7.75. The van der Waals surface area contributed by atoms with E-state index in [4.69, 9.17) is 11.5 Å². The number of hydrogen-bond acceptors (Lipinski definition) is 6. The Morgan fingerprint density at radius 3 is 2.25 bits per heavy atom. The minimum Gasteiger partial charge on any atom is -0.396 e. The summed E-state index contributed by atoms with van der Waals surface area (Å²) in [6, 6.07) is 0. The molecule has 1 heterocycles. The standard InChI is InChI=1S/C9H12F3N3O3S2/c1-15(3-9(10,11)12)8-6(20(2,17)18)4(13)5(19-8)7(14)16/h3,13H2,1-2H3,(H2,14,16). The van der Waals surface area contributed by atoms with Crippen molar-refractivity contribution in [3.05, 3.63) is 4.88 Å². The summed E-state index contributed by atoms with van der Waals surface area (Å²) in [6.07, 6.45) is -3.74. The molecular formula is C9H12F3N3O3S2. The fraction of sp³-hybridized carbons (Fsp3) is 0.444. The molecule has 0 aliphatic carbocycles. The highest BCUT2D eigenvalue weighted by molar-refractivity contribution is 7.91. The van der Waals surface area contributed by atoms with Crippen LogP contribution in [-0.4, -0.2) is 40.3 Å². The van der Waals surface area contributed by atoms with E-state index < -0.39 is 39.0 Å². The van der Waals surface area contributed by atoms with E-state index in [-0.39, 0.29) is 9.88 Å². The number of carbonyl (C=O) groups is 1. The topological polar surface area (TPSA) is 106 Å². The lowest BCUT2D eigenvalue weighted by Crippen LogP contribution is -2.31. The first kappa shape index (κ1) is 16.6. The molecule has 6 nitrogen and oxygen atoms in total. The largest absolute Gasteiger partial charge is 0.405 e. The number of nitrogen functional groups attached to an aromatic ring is 1. The Morgan fingerprint density at radius 1 is 1.40 bits per heavy atom. The number of primary amides is 1. The molecule has 0 aliphatic rings. The summed E-state index contributed by atoms with van der Waals surface area (Å²) in [7, 11) is -2.86. The number of thiophene rings is 1. The zero-order valence-corrected chi connectivity index (χ0v) is 12.1. The molecular weight excluding hydrogens is 319 g/mol. The molecule has 0 fully saturated rings. The van der Waals surface area contributed by atoms with Gasteiger partial charge < -0.3 is 16.4 Å². The van der Waals surface area contributed by atoms with Gasteiger partial charge in [0, 0.05) is 13.3 Å². The fourth-order valence-electron chi connectivity index (χ4n) is 1.55. The van der Waals surface area contributed by atoms with Crippen molar-refractivity contribution in [2.24, 2.45) is 5.73 Å². The van der Waals surface area contributed by atoms with Gasteiger partial charge in [-0.3, -0.25) is 4.79 Å². The van der Waals surface area contributed by atoms with E-state index in [0.29, 0.717) is 16.2 Å². The number of hydrogen-bond donors (Lipinski definition) is 2. The van der Waals surface area contributed by atoms with Crippen LogP contribution in [0.25, 0.3) is 0 Å². The van der Waals surface area contributed by atoms with Crippen molar-refractivity contribution in [3.63, 3.8) is 0 Å². The van der Waals surface area contributed by atoms with Crippen molar-refractivity contribution in [2.45, 2.75) is 11.1 Å². The van der Waals surface area contributed by atoms with Crippen LogP contribution in [0.2, 0.25) is 0 Å². The Morgan fingerprint density at radius 2 is 1.90 bits per heavy atom. The van der Waals surface area contributed by atoms with Gasteiger partial charge in [-0.25, -0.2) is 8.42 Å². The summed E-state index contributed by atoms with van der Waals surface area (Å²) in [5.74, 6) is -0.996. The van der Waals surface area contributed by atoms with Crippen molar-refractivity contribution >= 4 is 37.8 Å². The number of nitrogens with two attached hydrogens (primary N) is 2. The molecule has 0 radical (unpaired) electrons. The fourth-order valence-corrected chi connectivity index (χ4v) is 4.10. The Balaban J connectivity index is 3.46. The zero-order valence-electron chi connectivity index (χ0n) is 10.5. The third kappa shape index (κ3) is 3.54. The number of amides is 1. The van der Waals surface area contributed by atoms with Gasteiger partial charge in [-0.15, -0.1) is 11.3 Å². The molecule has 0 bridgehead atoms. The lowest BCUT2D eigenvalue weighted by Gasteiger charge is -2.20. The Kier molecular flexibility index (Phi) is 4.25. The molecule has 0 aliphatic heterocycles. The van der Waals surface area contributed by atoms with Gasteiger partial charge in [-0.1, -0.05) is 0 Å². The van der Waals surface area contributed by atoms with Gasteiger partial charge in [0.05, 0.1) is 5.69 Å². The van der Waals surface area contributed by atoms with Gasteiger partial charge in [0.2, 0.25) is 0 Å². The minimum absolute atomic E-state index is 0.267. The minimum atomic E-state index is -4.53. The monoisotopic (exact) mass is 331 g/mol. The zero-order chi connectivity index (χ0) is 15.9. The second-order valence-corrected chi connectivity index (χ2v) is 7.04. The molecule has 1 aromatic rings. The Labute approximate surface area is 117 Å². The predicted molar refractivity (Wildman–Crippen MR) is 69.7 cm³/mol. The van der Waals surface area contributed by atoms with Crippen LogP contribution >= 0.6 is 11.3 Å². The van der Waals surface area contributed by atoms with Gasteiger partial charge in [0.25, 0.3) is 5.91 Å². The first-order valence-electron chi connectivity index (χ1n) is 5.04. The molecule has 1 rings (SSSR count). The molecule has 1 aromatic heterocycles. The quantitative estimate of drug-likeness (QED) is 0.850. The van der Waals surface area contributed by atoms with Crippen LogP contribution in [0.15, 0.2) is 4.90 Å². The van der Waals surface area contributed by atoms with E-state index in [1.54, 1.807) is 0 Å². The molecule has 0 atom stereocenters. The summed E-state index contributed by atoms with van der Waals surface area (Å²) >= 11 is 0.517. The van der Waals surface area contributed by atoms with Crippen LogP contribution in [0.4, 0.5) is 23.9 Å².